The van der Waals surface area contributed by atoms with Crippen LogP contribution < -0.4 is 10.6 Å². The smallest absolute Gasteiger partial charge is 0.408 e. The highest BCUT2D eigenvalue weighted by atomic mass is 16.6. The van der Waals surface area contributed by atoms with E-state index < -0.39 is 23.2 Å². The van der Waals surface area contributed by atoms with Gasteiger partial charge >= 0.3 is 12.1 Å². The van der Waals surface area contributed by atoms with Crippen molar-refractivity contribution in [3.05, 3.63) is 23.7 Å². The van der Waals surface area contributed by atoms with Gasteiger partial charge in [0.1, 0.15) is 17.6 Å². The second-order valence-corrected chi connectivity index (χ2v) is 6.72. The standard InChI is InChI=1S/C15H24N2O5/c1-14(2,3)22-13(20)17-15(4,5)9-16-7-11-6-10(8-21-11)12(18)19/h6,8,16H,7,9H2,1-5H3,(H,17,20)(H,18,19). The SMILES string of the molecule is CC(C)(CNCc1cc(C(=O)O)co1)NC(=O)OC(C)(C)C. The molecule has 0 saturated heterocycles. The van der Waals surface area contributed by atoms with Crippen molar-refractivity contribution in [3.8, 4) is 0 Å². The molecule has 1 heterocycles. The number of aromatic carboxylic acids is 1. The largest absolute Gasteiger partial charge is 0.478 e. The van der Waals surface area contributed by atoms with Crippen LogP contribution in [0.5, 0.6) is 0 Å². The molecule has 0 bridgehead atoms. The predicted molar refractivity (Wildman–Crippen MR) is 80.8 cm³/mol. The van der Waals surface area contributed by atoms with Gasteiger partial charge in [-0.1, -0.05) is 0 Å². The second-order valence-electron chi connectivity index (χ2n) is 6.72. The molecule has 1 rings (SSSR count). The van der Waals surface area contributed by atoms with E-state index in [1.165, 1.54) is 12.3 Å². The molecule has 0 atom stereocenters. The minimum atomic E-state index is -1.03. The van der Waals surface area contributed by atoms with E-state index in [1.54, 1.807) is 20.8 Å². The number of hydrogen-bond acceptors (Lipinski definition) is 5. The topological polar surface area (TPSA) is 101 Å². The van der Waals surface area contributed by atoms with E-state index in [2.05, 4.69) is 10.6 Å². The summed E-state index contributed by atoms with van der Waals surface area (Å²) in [5.74, 6) is -0.507. The maximum absolute atomic E-state index is 11.7. The van der Waals surface area contributed by atoms with E-state index in [4.69, 9.17) is 14.3 Å². The minimum Gasteiger partial charge on any atom is -0.478 e. The number of hydrogen-bond donors (Lipinski definition) is 3. The Morgan fingerprint density at radius 1 is 1.27 bits per heavy atom. The van der Waals surface area contributed by atoms with Crippen molar-refractivity contribution in [1.82, 2.24) is 10.6 Å². The number of ether oxygens (including phenoxy) is 1. The first-order valence-electron chi connectivity index (χ1n) is 7.01. The van der Waals surface area contributed by atoms with Crippen LogP contribution in [0.25, 0.3) is 0 Å². The van der Waals surface area contributed by atoms with Crippen LogP contribution in [0.15, 0.2) is 16.7 Å². The summed E-state index contributed by atoms with van der Waals surface area (Å²) in [6.45, 7) is 9.95. The quantitative estimate of drug-likeness (QED) is 0.745. The number of carboxylic acids is 1. The summed E-state index contributed by atoms with van der Waals surface area (Å²) in [5.41, 5.74) is -0.956. The lowest BCUT2D eigenvalue weighted by molar-refractivity contribution is 0.0471. The molecule has 0 saturated carbocycles. The van der Waals surface area contributed by atoms with Crippen molar-refractivity contribution in [1.29, 1.82) is 0 Å². The Morgan fingerprint density at radius 3 is 2.41 bits per heavy atom. The van der Waals surface area contributed by atoms with Crippen LogP contribution in [0, 0.1) is 0 Å². The van der Waals surface area contributed by atoms with E-state index in [-0.39, 0.29) is 5.56 Å². The lowest BCUT2D eigenvalue weighted by atomic mass is 10.1. The van der Waals surface area contributed by atoms with Gasteiger partial charge in [0.15, 0.2) is 0 Å². The summed E-state index contributed by atoms with van der Waals surface area (Å²) < 4.78 is 10.3. The number of amides is 1. The molecular weight excluding hydrogens is 288 g/mol. The summed E-state index contributed by atoms with van der Waals surface area (Å²) in [7, 11) is 0. The molecule has 3 N–H and O–H groups in total. The van der Waals surface area contributed by atoms with Crippen molar-refractivity contribution >= 4 is 12.1 Å². The molecule has 22 heavy (non-hydrogen) atoms. The van der Waals surface area contributed by atoms with Gasteiger partial charge in [0.05, 0.1) is 17.6 Å². The van der Waals surface area contributed by atoms with Gasteiger partial charge in [0.2, 0.25) is 0 Å². The van der Waals surface area contributed by atoms with Gasteiger partial charge in [-0.15, -0.1) is 0 Å². The van der Waals surface area contributed by atoms with Gasteiger partial charge in [-0.25, -0.2) is 9.59 Å². The molecular formula is C15H24N2O5. The highest BCUT2D eigenvalue weighted by Gasteiger charge is 2.24. The minimum absolute atomic E-state index is 0.114. The fourth-order valence-corrected chi connectivity index (χ4v) is 1.71. The number of furan rings is 1. The summed E-state index contributed by atoms with van der Waals surface area (Å²) in [5, 5.41) is 14.7. The molecule has 124 valence electrons. The zero-order chi connectivity index (χ0) is 17.0. The average Bonchev–Trinajstić information content (AvgIpc) is 2.73. The fourth-order valence-electron chi connectivity index (χ4n) is 1.71. The molecule has 0 aromatic carbocycles. The number of carbonyl (C=O) groups is 2. The first-order chi connectivity index (χ1) is 9.98. The number of alkyl carbamates (subject to hydrolysis) is 1. The normalized spacial score (nSPS) is 12.0. The Hall–Kier alpha value is -2.02. The maximum Gasteiger partial charge on any atom is 0.408 e. The molecule has 0 aliphatic rings. The molecule has 0 fully saturated rings. The molecule has 1 aromatic rings. The highest BCUT2D eigenvalue weighted by molar-refractivity contribution is 5.87. The van der Waals surface area contributed by atoms with Gasteiger partial charge in [-0.2, -0.15) is 0 Å². The molecule has 7 heteroatoms. The monoisotopic (exact) mass is 312 g/mol. The molecule has 0 spiro atoms. The predicted octanol–water partition coefficient (Wildman–Crippen LogP) is 2.37. The van der Waals surface area contributed by atoms with Gasteiger partial charge in [0.25, 0.3) is 0 Å². The summed E-state index contributed by atoms with van der Waals surface area (Å²) >= 11 is 0. The average molecular weight is 312 g/mol. The molecule has 0 unspecified atom stereocenters. The second kappa shape index (κ2) is 6.83. The van der Waals surface area contributed by atoms with Crippen LogP contribution in [0.4, 0.5) is 4.79 Å². The number of rotatable bonds is 6. The molecule has 0 radical (unpaired) electrons. The van der Waals surface area contributed by atoms with Crippen LogP contribution >= 0.6 is 0 Å². The van der Waals surface area contributed by atoms with Crippen molar-refractivity contribution in [3.63, 3.8) is 0 Å². The van der Waals surface area contributed by atoms with E-state index in [1.807, 2.05) is 13.8 Å². The van der Waals surface area contributed by atoms with Gasteiger partial charge in [-0.05, 0) is 40.7 Å². The van der Waals surface area contributed by atoms with E-state index >= 15 is 0 Å². The molecule has 0 aliphatic carbocycles. The zero-order valence-corrected chi connectivity index (χ0v) is 13.6. The van der Waals surface area contributed by atoms with Gasteiger partial charge in [-0.3, -0.25) is 0 Å². The Kier molecular flexibility index (Phi) is 5.59. The van der Waals surface area contributed by atoms with E-state index in [0.29, 0.717) is 18.8 Å². The Morgan fingerprint density at radius 2 is 1.91 bits per heavy atom. The summed E-state index contributed by atoms with van der Waals surface area (Å²) in [4.78, 5) is 22.5. The highest BCUT2D eigenvalue weighted by Crippen LogP contribution is 2.10. The third-order valence-electron chi connectivity index (χ3n) is 2.61. The first kappa shape index (κ1) is 18.0. The third-order valence-corrected chi connectivity index (χ3v) is 2.61. The molecule has 7 nitrogen and oxygen atoms in total. The first-order valence-corrected chi connectivity index (χ1v) is 7.01. The van der Waals surface area contributed by atoms with Crippen LogP contribution in [0.1, 0.15) is 50.7 Å². The van der Waals surface area contributed by atoms with Crippen LogP contribution in [0.3, 0.4) is 0 Å². The zero-order valence-electron chi connectivity index (χ0n) is 13.6. The van der Waals surface area contributed by atoms with E-state index in [9.17, 15) is 9.59 Å². The van der Waals surface area contributed by atoms with Crippen molar-refractivity contribution < 1.29 is 23.8 Å². The Labute approximate surface area is 130 Å². The molecule has 0 aliphatic heterocycles. The summed E-state index contributed by atoms with van der Waals surface area (Å²) in [6, 6.07) is 1.46. The van der Waals surface area contributed by atoms with E-state index in [0.717, 1.165) is 0 Å². The lowest BCUT2D eigenvalue weighted by Crippen LogP contribution is -2.51. The molecule has 1 aromatic heterocycles. The third kappa shape index (κ3) is 6.62. The van der Waals surface area contributed by atoms with Gasteiger partial charge < -0.3 is 24.9 Å². The lowest BCUT2D eigenvalue weighted by Gasteiger charge is -2.28. The maximum atomic E-state index is 11.7. The number of nitrogens with one attached hydrogen (secondary N) is 2. The fraction of sp³-hybridized carbons (Fsp3) is 0.600. The van der Waals surface area contributed by atoms with Crippen LogP contribution in [-0.4, -0.2) is 34.9 Å². The Balaban J connectivity index is 2.41. The van der Waals surface area contributed by atoms with Gasteiger partial charge in [0, 0.05) is 6.54 Å². The van der Waals surface area contributed by atoms with Crippen molar-refractivity contribution in [2.45, 2.75) is 52.3 Å². The molecule has 1 amide bonds. The van der Waals surface area contributed by atoms with Crippen LogP contribution in [0.2, 0.25) is 0 Å². The number of carboxylic acid groups (broad SMARTS) is 1. The van der Waals surface area contributed by atoms with Crippen molar-refractivity contribution in [2.24, 2.45) is 0 Å². The Bertz CT molecular complexity index is 528. The number of carbonyl (C=O) groups excluding carboxylic acids is 1. The van der Waals surface area contributed by atoms with Crippen LogP contribution in [-0.2, 0) is 11.3 Å². The van der Waals surface area contributed by atoms with Crippen molar-refractivity contribution in [2.75, 3.05) is 6.54 Å². The summed E-state index contributed by atoms with van der Waals surface area (Å²) in [6.07, 6.45) is 0.717.